The molecule has 0 saturated heterocycles. The highest BCUT2D eigenvalue weighted by molar-refractivity contribution is 9.10. The first-order chi connectivity index (χ1) is 9.19. The molecule has 1 heterocycles. The van der Waals surface area contributed by atoms with E-state index in [1.54, 1.807) is 0 Å². The zero-order valence-corrected chi connectivity index (χ0v) is 12.1. The van der Waals surface area contributed by atoms with Gasteiger partial charge in [0.15, 0.2) is 5.82 Å². The number of hydrogen-bond acceptors (Lipinski definition) is 5. The minimum atomic E-state index is -0.623. The highest BCUT2D eigenvalue weighted by Gasteiger charge is 2.13. The van der Waals surface area contributed by atoms with Crippen LogP contribution in [0.5, 0.6) is 0 Å². The molecular weight excluding hydrogens is 312 g/mol. The number of rotatable bonds is 6. The Bertz CT molecular complexity index is 530. The van der Waals surface area contributed by atoms with E-state index in [4.69, 9.17) is 9.26 Å². The van der Waals surface area contributed by atoms with Gasteiger partial charge in [-0.05, 0) is 11.6 Å². The Kier molecular flexibility index (Phi) is 5.07. The summed E-state index contributed by atoms with van der Waals surface area (Å²) in [6.45, 7) is 0.252. The topological polar surface area (TPSA) is 68.4 Å². The standard InChI is InChI=1S/C13H15BrN2O3/c1-18-8-10(17)7-13-15-12(16-19-13)6-9-4-2-3-5-11(9)14/h2-5,10,17H,6-8H2,1H3. The first-order valence-corrected chi connectivity index (χ1v) is 6.70. The second-order valence-corrected chi connectivity index (χ2v) is 5.04. The maximum absolute atomic E-state index is 9.59. The molecule has 0 radical (unpaired) electrons. The Hall–Kier alpha value is -1.24. The van der Waals surface area contributed by atoms with E-state index < -0.39 is 6.10 Å². The van der Waals surface area contributed by atoms with Crippen molar-refractivity contribution in [3.8, 4) is 0 Å². The molecule has 0 spiro atoms. The van der Waals surface area contributed by atoms with Gasteiger partial charge in [0.1, 0.15) is 0 Å². The monoisotopic (exact) mass is 326 g/mol. The van der Waals surface area contributed by atoms with Crippen LogP contribution in [0, 0.1) is 0 Å². The highest BCUT2D eigenvalue weighted by Crippen LogP contribution is 2.18. The van der Waals surface area contributed by atoms with E-state index in [-0.39, 0.29) is 6.61 Å². The van der Waals surface area contributed by atoms with Crippen molar-refractivity contribution in [2.45, 2.75) is 18.9 Å². The van der Waals surface area contributed by atoms with Crippen molar-refractivity contribution in [3.63, 3.8) is 0 Å². The lowest BCUT2D eigenvalue weighted by Gasteiger charge is -2.04. The van der Waals surface area contributed by atoms with Crippen LogP contribution >= 0.6 is 15.9 Å². The lowest BCUT2D eigenvalue weighted by molar-refractivity contribution is 0.0599. The molecule has 1 N–H and O–H groups in total. The molecule has 6 heteroatoms. The molecule has 102 valence electrons. The van der Waals surface area contributed by atoms with Crippen LogP contribution in [-0.4, -0.2) is 35.1 Å². The van der Waals surface area contributed by atoms with E-state index in [0.717, 1.165) is 10.0 Å². The molecule has 1 aromatic heterocycles. The summed E-state index contributed by atoms with van der Waals surface area (Å²) in [7, 11) is 1.54. The van der Waals surface area contributed by atoms with Crippen molar-refractivity contribution in [3.05, 3.63) is 46.0 Å². The second-order valence-electron chi connectivity index (χ2n) is 4.19. The zero-order chi connectivity index (χ0) is 13.7. The van der Waals surface area contributed by atoms with Crippen molar-refractivity contribution >= 4 is 15.9 Å². The SMILES string of the molecule is COCC(O)Cc1nc(Cc2ccccc2Br)no1. The molecule has 2 rings (SSSR count). The molecule has 0 aliphatic heterocycles. The number of hydrogen-bond donors (Lipinski definition) is 1. The predicted molar refractivity (Wildman–Crippen MR) is 72.8 cm³/mol. The van der Waals surface area contributed by atoms with Crippen LogP contribution in [0.15, 0.2) is 33.3 Å². The van der Waals surface area contributed by atoms with Crippen LogP contribution in [0.4, 0.5) is 0 Å². The smallest absolute Gasteiger partial charge is 0.229 e. The van der Waals surface area contributed by atoms with Crippen molar-refractivity contribution in [1.82, 2.24) is 10.1 Å². The van der Waals surface area contributed by atoms with Crippen LogP contribution < -0.4 is 0 Å². The number of methoxy groups -OCH3 is 1. The van der Waals surface area contributed by atoms with E-state index in [2.05, 4.69) is 26.1 Å². The third-order valence-corrected chi connectivity index (χ3v) is 3.36. The van der Waals surface area contributed by atoms with Crippen LogP contribution in [-0.2, 0) is 17.6 Å². The molecule has 19 heavy (non-hydrogen) atoms. The molecule has 0 aliphatic carbocycles. The van der Waals surface area contributed by atoms with Gasteiger partial charge in [-0.3, -0.25) is 0 Å². The van der Waals surface area contributed by atoms with E-state index in [1.807, 2.05) is 24.3 Å². The van der Waals surface area contributed by atoms with Gasteiger partial charge in [-0.25, -0.2) is 0 Å². The van der Waals surface area contributed by atoms with Gasteiger partial charge in [0.25, 0.3) is 0 Å². The summed E-state index contributed by atoms with van der Waals surface area (Å²) in [6, 6.07) is 7.89. The number of ether oxygens (including phenoxy) is 1. The predicted octanol–water partition coefficient (Wildman–Crippen LogP) is 1.97. The highest BCUT2D eigenvalue weighted by atomic mass is 79.9. The lowest BCUT2D eigenvalue weighted by Crippen LogP contribution is -2.17. The molecule has 1 aromatic carbocycles. The Morgan fingerprint density at radius 1 is 1.42 bits per heavy atom. The summed E-state index contributed by atoms with van der Waals surface area (Å²) in [6.07, 6.45) is 0.268. The molecular formula is C13H15BrN2O3. The molecule has 0 fully saturated rings. The maximum Gasteiger partial charge on any atom is 0.229 e. The summed E-state index contributed by atoms with van der Waals surface area (Å²) in [5.41, 5.74) is 1.09. The average Bonchev–Trinajstić information content (AvgIpc) is 2.80. The number of benzene rings is 1. The lowest BCUT2D eigenvalue weighted by atomic mass is 10.1. The Morgan fingerprint density at radius 2 is 2.21 bits per heavy atom. The fourth-order valence-electron chi connectivity index (χ4n) is 1.71. The van der Waals surface area contributed by atoms with Crippen molar-refractivity contribution < 1.29 is 14.4 Å². The third kappa shape index (κ3) is 4.12. The van der Waals surface area contributed by atoms with Gasteiger partial charge in [0.05, 0.1) is 19.1 Å². The van der Waals surface area contributed by atoms with Gasteiger partial charge >= 0.3 is 0 Å². The van der Waals surface area contributed by atoms with Gasteiger partial charge in [0.2, 0.25) is 5.89 Å². The van der Waals surface area contributed by atoms with Crippen molar-refractivity contribution in [1.29, 1.82) is 0 Å². The number of aliphatic hydroxyl groups excluding tert-OH is 1. The van der Waals surface area contributed by atoms with Crippen molar-refractivity contribution in [2.75, 3.05) is 13.7 Å². The Morgan fingerprint density at radius 3 is 2.95 bits per heavy atom. The summed E-state index contributed by atoms with van der Waals surface area (Å²) >= 11 is 3.48. The van der Waals surface area contributed by atoms with E-state index >= 15 is 0 Å². The summed E-state index contributed by atoms with van der Waals surface area (Å²) in [5.74, 6) is 1.03. The molecule has 2 aromatic rings. The second kappa shape index (κ2) is 6.79. The van der Waals surface area contributed by atoms with Gasteiger partial charge < -0.3 is 14.4 Å². The molecule has 0 saturated carbocycles. The van der Waals surface area contributed by atoms with Crippen LogP contribution in [0.3, 0.4) is 0 Å². The van der Waals surface area contributed by atoms with Gasteiger partial charge in [-0.1, -0.05) is 39.3 Å². The Labute approximate surface area is 119 Å². The molecule has 1 unspecified atom stereocenters. The molecule has 0 aliphatic rings. The first-order valence-electron chi connectivity index (χ1n) is 5.91. The number of aliphatic hydroxyl groups is 1. The van der Waals surface area contributed by atoms with Crippen LogP contribution in [0.1, 0.15) is 17.3 Å². The van der Waals surface area contributed by atoms with E-state index in [1.165, 1.54) is 7.11 Å². The quantitative estimate of drug-likeness (QED) is 0.879. The van der Waals surface area contributed by atoms with Crippen molar-refractivity contribution in [2.24, 2.45) is 0 Å². The van der Waals surface area contributed by atoms with Gasteiger partial charge in [-0.2, -0.15) is 4.98 Å². The van der Waals surface area contributed by atoms with E-state index in [9.17, 15) is 5.11 Å². The number of aromatic nitrogens is 2. The summed E-state index contributed by atoms with van der Waals surface area (Å²) in [5, 5.41) is 13.5. The minimum absolute atomic E-state index is 0.252. The van der Waals surface area contributed by atoms with Crippen LogP contribution in [0.2, 0.25) is 0 Å². The Balaban J connectivity index is 2.00. The van der Waals surface area contributed by atoms with E-state index in [0.29, 0.717) is 24.6 Å². The summed E-state index contributed by atoms with van der Waals surface area (Å²) < 4.78 is 11.0. The fraction of sp³-hybridized carbons (Fsp3) is 0.385. The van der Waals surface area contributed by atoms with Gasteiger partial charge in [-0.15, -0.1) is 0 Å². The molecule has 0 bridgehead atoms. The molecule has 0 amide bonds. The largest absolute Gasteiger partial charge is 0.390 e. The van der Waals surface area contributed by atoms with Gasteiger partial charge in [0, 0.05) is 18.0 Å². The normalized spacial score (nSPS) is 12.6. The van der Waals surface area contributed by atoms with Crippen LogP contribution in [0.25, 0.3) is 0 Å². The first kappa shape index (κ1) is 14.2. The zero-order valence-electron chi connectivity index (χ0n) is 10.5. The minimum Gasteiger partial charge on any atom is -0.390 e. The molecule has 1 atom stereocenters. The third-order valence-electron chi connectivity index (χ3n) is 2.59. The maximum atomic E-state index is 9.59. The summed E-state index contributed by atoms with van der Waals surface area (Å²) in [4.78, 5) is 4.25. The number of nitrogens with zero attached hydrogens (tertiary/aromatic N) is 2. The average molecular weight is 327 g/mol. The molecule has 5 nitrogen and oxygen atoms in total. The number of halogens is 1. The fourth-order valence-corrected chi connectivity index (χ4v) is 2.13.